The lowest BCUT2D eigenvalue weighted by Gasteiger charge is -2.37. The first-order valence-corrected chi connectivity index (χ1v) is 8.20. The summed E-state index contributed by atoms with van der Waals surface area (Å²) in [5.74, 6) is 1.87. The van der Waals surface area contributed by atoms with Crippen LogP contribution in [0.5, 0.6) is 0 Å². The summed E-state index contributed by atoms with van der Waals surface area (Å²) >= 11 is 0. The van der Waals surface area contributed by atoms with Crippen molar-refractivity contribution in [2.75, 3.05) is 39.8 Å². The van der Waals surface area contributed by atoms with Gasteiger partial charge in [-0.15, -0.1) is 0 Å². The van der Waals surface area contributed by atoms with E-state index in [1.165, 1.54) is 0 Å². The van der Waals surface area contributed by atoms with Crippen LogP contribution in [0.2, 0.25) is 0 Å². The van der Waals surface area contributed by atoms with Crippen molar-refractivity contribution < 1.29 is 9.53 Å². The minimum absolute atomic E-state index is 0.170. The summed E-state index contributed by atoms with van der Waals surface area (Å²) < 4.78 is 7.86. The van der Waals surface area contributed by atoms with Crippen LogP contribution in [-0.4, -0.2) is 71.2 Å². The minimum atomic E-state index is -0.272. The molecule has 3 heterocycles. The van der Waals surface area contributed by atoms with Gasteiger partial charge in [0.2, 0.25) is 0 Å². The summed E-state index contributed by atoms with van der Waals surface area (Å²) in [7, 11) is 2.04. The maximum Gasteiger partial charge on any atom is 0.253 e. The van der Waals surface area contributed by atoms with E-state index in [-0.39, 0.29) is 12.0 Å². The fourth-order valence-corrected chi connectivity index (χ4v) is 3.34. The number of carbonyl (C=O) groups excluding carboxylic acids is 1. The average molecular weight is 306 g/mol. The summed E-state index contributed by atoms with van der Waals surface area (Å²) in [6.45, 7) is 7.03. The minimum Gasteiger partial charge on any atom is -0.366 e. The number of imidazole rings is 1. The van der Waals surface area contributed by atoms with E-state index >= 15 is 0 Å². The maximum atomic E-state index is 12.5. The summed E-state index contributed by atoms with van der Waals surface area (Å²) in [4.78, 5) is 21.0. The molecule has 6 heteroatoms. The molecule has 1 unspecified atom stereocenters. The molecule has 1 aromatic heterocycles. The van der Waals surface area contributed by atoms with Gasteiger partial charge >= 0.3 is 0 Å². The van der Waals surface area contributed by atoms with Gasteiger partial charge in [-0.2, -0.15) is 0 Å². The number of hydrogen-bond acceptors (Lipinski definition) is 4. The van der Waals surface area contributed by atoms with E-state index in [0.717, 1.165) is 44.8 Å². The zero-order valence-electron chi connectivity index (χ0n) is 13.6. The number of aryl methyl sites for hydroxylation is 1. The van der Waals surface area contributed by atoms with E-state index < -0.39 is 0 Å². The topological polar surface area (TPSA) is 50.6 Å². The molecule has 3 rings (SSSR count). The van der Waals surface area contributed by atoms with Crippen LogP contribution in [-0.2, 0) is 16.1 Å². The van der Waals surface area contributed by atoms with Crippen molar-refractivity contribution in [3.63, 3.8) is 0 Å². The highest BCUT2D eigenvalue weighted by Gasteiger charge is 2.31. The van der Waals surface area contributed by atoms with Gasteiger partial charge in [-0.1, -0.05) is 0 Å². The SMILES string of the molecule is Cc1nccn1CC1CCN(C(=O)C2CN(C)CCO2)CC1. The molecule has 0 bridgehead atoms. The third-order valence-corrected chi connectivity index (χ3v) is 4.85. The molecule has 6 nitrogen and oxygen atoms in total. The molecule has 1 atom stereocenters. The first kappa shape index (κ1) is 15.5. The molecule has 1 aromatic rings. The van der Waals surface area contributed by atoms with Crippen LogP contribution in [0.15, 0.2) is 12.4 Å². The highest BCUT2D eigenvalue weighted by molar-refractivity contribution is 5.81. The number of likely N-dealkylation sites (N-methyl/N-ethyl adjacent to an activating group) is 1. The molecule has 2 aliphatic heterocycles. The molecule has 0 aliphatic carbocycles. The molecule has 0 saturated carbocycles. The average Bonchev–Trinajstić information content (AvgIpc) is 2.92. The molecule has 0 aromatic carbocycles. The Morgan fingerprint density at radius 1 is 1.36 bits per heavy atom. The van der Waals surface area contributed by atoms with Crippen LogP contribution in [0, 0.1) is 12.8 Å². The molecular formula is C16H26N4O2. The molecule has 0 N–H and O–H groups in total. The summed E-state index contributed by atoms with van der Waals surface area (Å²) in [5.41, 5.74) is 0. The van der Waals surface area contributed by atoms with Gasteiger partial charge in [0, 0.05) is 45.1 Å². The second-order valence-corrected chi connectivity index (χ2v) is 6.52. The molecule has 0 spiro atoms. The van der Waals surface area contributed by atoms with Gasteiger partial charge in [-0.25, -0.2) is 4.98 Å². The smallest absolute Gasteiger partial charge is 0.253 e. The van der Waals surface area contributed by atoms with E-state index in [0.29, 0.717) is 19.1 Å². The van der Waals surface area contributed by atoms with E-state index in [9.17, 15) is 4.79 Å². The second kappa shape index (κ2) is 6.79. The van der Waals surface area contributed by atoms with Gasteiger partial charge in [0.1, 0.15) is 11.9 Å². The molecule has 2 fully saturated rings. The monoisotopic (exact) mass is 306 g/mol. The van der Waals surface area contributed by atoms with Gasteiger partial charge in [0.15, 0.2) is 0 Å². The molecule has 0 radical (unpaired) electrons. The predicted molar refractivity (Wildman–Crippen MR) is 83.5 cm³/mol. The fourth-order valence-electron chi connectivity index (χ4n) is 3.34. The van der Waals surface area contributed by atoms with Crippen molar-refractivity contribution in [3.05, 3.63) is 18.2 Å². The normalized spacial score (nSPS) is 24.6. The first-order chi connectivity index (χ1) is 10.6. The van der Waals surface area contributed by atoms with Crippen molar-refractivity contribution >= 4 is 5.91 Å². The van der Waals surface area contributed by atoms with E-state index in [2.05, 4.69) is 14.5 Å². The lowest BCUT2D eigenvalue weighted by atomic mass is 9.96. The number of ether oxygens (including phenoxy) is 1. The van der Waals surface area contributed by atoms with Crippen LogP contribution in [0.3, 0.4) is 0 Å². The van der Waals surface area contributed by atoms with Crippen molar-refractivity contribution in [3.8, 4) is 0 Å². The van der Waals surface area contributed by atoms with Gasteiger partial charge in [0.05, 0.1) is 6.61 Å². The zero-order chi connectivity index (χ0) is 15.5. The van der Waals surface area contributed by atoms with Crippen LogP contribution >= 0.6 is 0 Å². The van der Waals surface area contributed by atoms with Crippen LogP contribution in [0.4, 0.5) is 0 Å². The van der Waals surface area contributed by atoms with Crippen LogP contribution in [0.1, 0.15) is 18.7 Å². The molecule has 2 aliphatic rings. The van der Waals surface area contributed by atoms with Crippen LogP contribution in [0.25, 0.3) is 0 Å². The number of morpholine rings is 1. The molecule has 122 valence electrons. The van der Waals surface area contributed by atoms with Crippen LogP contribution < -0.4 is 0 Å². The quantitative estimate of drug-likeness (QED) is 0.827. The fraction of sp³-hybridized carbons (Fsp3) is 0.750. The summed E-state index contributed by atoms with van der Waals surface area (Å²) in [6.07, 6.45) is 5.74. The highest BCUT2D eigenvalue weighted by Crippen LogP contribution is 2.21. The number of hydrogen-bond donors (Lipinski definition) is 0. The summed E-state index contributed by atoms with van der Waals surface area (Å²) in [6, 6.07) is 0. The third kappa shape index (κ3) is 3.50. The lowest BCUT2D eigenvalue weighted by Crippen LogP contribution is -2.51. The Bertz CT molecular complexity index is 508. The number of likely N-dealkylation sites (tertiary alicyclic amines) is 1. The Labute approximate surface area is 132 Å². The number of piperidine rings is 1. The summed E-state index contributed by atoms with van der Waals surface area (Å²) in [5, 5.41) is 0. The highest BCUT2D eigenvalue weighted by atomic mass is 16.5. The number of nitrogens with zero attached hydrogens (tertiary/aromatic N) is 4. The van der Waals surface area contributed by atoms with Gasteiger partial charge in [0.25, 0.3) is 5.91 Å². The lowest BCUT2D eigenvalue weighted by molar-refractivity contribution is -0.150. The Balaban J connectivity index is 1.49. The van der Waals surface area contributed by atoms with Gasteiger partial charge in [-0.3, -0.25) is 4.79 Å². The van der Waals surface area contributed by atoms with Crippen molar-refractivity contribution in [1.82, 2.24) is 19.4 Å². The molecule has 1 amide bonds. The number of aromatic nitrogens is 2. The van der Waals surface area contributed by atoms with Crippen molar-refractivity contribution in [2.45, 2.75) is 32.4 Å². The Morgan fingerprint density at radius 2 is 2.14 bits per heavy atom. The maximum absolute atomic E-state index is 12.5. The molecule has 2 saturated heterocycles. The van der Waals surface area contributed by atoms with Crippen molar-refractivity contribution in [1.29, 1.82) is 0 Å². The van der Waals surface area contributed by atoms with Gasteiger partial charge < -0.3 is 19.1 Å². The zero-order valence-corrected chi connectivity index (χ0v) is 13.6. The Morgan fingerprint density at radius 3 is 2.77 bits per heavy atom. The largest absolute Gasteiger partial charge is 0.366 e. The van der Waals surface area contributed by atoms with E-state index in [1.54, 1.807) is 0 Å². The van der Waals surface area contributed by atoms with Crippen molar-refractivity contribution in [2.24, 2.45) is 5.92 Å². The van der Waals surface area contributed by atoms with E-state index in [1.807, 2.05) is 31.3 Å². The second-order valence-electron chi connectivity index (χ2n) is 6.52. The Kier molecular flexibility index (Phi) is 4.78. The number of carbonyl (C=O) groups is 1. The number of rotatable bonds is 3. The predicted octanol–water partition coefficient (Wildman–Crippen LogP) is 0.761. The third-order valence-electron chi connectivity index (χ3n) is 4.85. The van der Waals surface area contributed by atoms with E-state index in [4.69, 9.17) is 4.74 Å². The molecular weight excluding hydrogens is 280 g/mol. The number of amides is 1. The standard InChI is InChI=1S/C16H26N4O2/c1-13-17-5-8-20(13)11-14-3-6-19(7-4-14)16(21)15-12-18(2)9-10-22-15/h5,8,14-15H,3-4,6-7,9-12H2,1-2H3. The first-order valence-electron chi connectivity index (χ1n) is 8.20. The molecule has 22 heavy (non-hydrogen) atoms. The Hall–Kier alpha value is -1.40. The van der Waals surface area contributed by atoms with Gasteiger partial charge in [-0.05, 0) is 32.7 Å².